The van der Waals surface area contributed by atoms with Crippen LogP contribution in [0.4, 0.5) is 0 Å². The third kappa shape index (κ3) is 3.49. The normalized spacial score (nSPS) is 10.7. The zero-order chi connectivity index (χ0) is 15.4. The summed E-state index contributed by atoms with van der Waals surface area (Å²) in [4.78, 5) is 19.4. The summed E-state index contributed by atoms with van der Waals surface area (Å²) in [6, 6.07) is 7.60. The van der Waals surface area contributed by atoms with Crippen LogP contribution < -0.4 is 0 Å². The number of aryl methyl sites for hydroxylation is 1. The van der Waals surface area contributed by atoms with Crippen LogP contribution in [0.2, 0.25) is 0 Å². The fraction of sp³-hybridized carbons (Fsp3) is 0.375. The number of rotatable bonds is 5. The standard InChI is InChI=1S/C16H20N2O2S/c1-5-14-13(10-20-4)17-15(21-14)11-6-8-12(9-7-11)16(19)18(2)3/h6-9H,5,10H2,1-4H3. The van der Waals surface area contributed by atoms with Crippen molar-refractivity contribution >= 4 is 17.2 Å². The van der Waals surface area contributed by atoms with Gasteiger partial charge < -0.3 is 9.64 Å². The van der Waals surface area contributed by atoms with Gasteiger partial charge in [-0.3, -0.25) is 4.79 Å². The van der Waals surface area contributed by atoms with Crippen LogP contribution in [-0.2, 0) is 17.8 Å². The van der Waals surface area contributed by atoms with Gasteiger partial charge in [0.05, 0.1) is 12.3 Å². The molecule has 0 bridgehead atoms. The monoisotopic (exact) mass is 304 g/mol. The predicted octanol–water partition coefficient (Wildman–Crippen LogP) is 3.22. The molecule has 1 aromatic heterocycles. The Morgan fingerprint density at radius 2 is 1.95 bits per heavy atom. The first-order chi connectivity index (χ1) is 10.1. The van der Waals surface area contributed by atoms with Crippen molar-refractivity contribution in [2.45, 2.75) is 20.0 Å². The largest absolute Gasteiger partial charge is 0.378 e. The molecule has 2 rings (SSSR count). The maximum Gasteiger partial charge on any atom is 0.253 e. The number of carbonyl (C=O) groups is 1. The molecule has 0 aliphatic rings. The van der Waals surface area contributed by atoms with Crippen LogP contribution in [0.3, 0.4) is 0 Å². The van der Waals surface area contributed by atoms with Gasteiger partial charge in [-0.15, -0.1) is 11.3 Å². The highest BCUT2D eigenvalue weighted by Gasteiger charge is 2.12. The van der Waals surface area contributed by atoms with Gasteiger partial charge in [0.25, 0.3) is 5.91 Å². The summed E-state index contributed by atoms with van der Waals surface area (Å²) in [5, 5.41) is 0.975. The number of carbonyl (C=O) groups excluding carboxylic acids is 1. The number of aromatic nitrogens is 1. The van der Waals surface area contributed by atoms with Gasteiger partial charge >= 0.3 is 0 Å². The summed E-state index contributed by atoms with van der Waals surface area (Å²) in [7, 11) is 5.18. The highest BCUT2D eigenvalue weighted by molar-refractivity contribution is 7.15. The fourth-order valence-electron chi connectivity index (χ4n) is 2.05. The molecule has 1 aromatic carbocycles. The molecule has 1 amide bonds. The van der Waals surface area contributed by atoms with E-state index in [9.17, 15) is 4.79 Å². The van der Waals surface area contributed by atoms with Crippen LogP contribution in [-0.4, -0.2) is 37.0 Å². The molecule has 0 N–H and O–H groups in total. The Bertz CT molecular complexity index is 618. The fourth-order valence-corrected chi connectivity index (χ4v) is 3.06. The first-order valence-corrected chi connectivity index (χ1v) is 7.68. The average molecular weight is 304 g/mol. The maximum atomic E-state index is 11.9. The first kappa shape index (κ1) is 15.7. The van der Waals surface area contributed by atoms with Crippen LogP contribution in [0.1, 0.15) is 27.9 Å². The summed E-state index contributed by atoms with van der Waals surface area (Å²) < 4.78 is 5.19. The van der Waals surface area contributed by atoms with E-state index in [2.05, 4.69) is 11.9 Å². The Labute approximate surface area is 129 Å². The second-order valence-electron chi connectivity index (χ2n) is 4.95. The Balaban J connectivity index is 2.28. The van der Waals surface area contributed by atoms with Gasteiger partial charge in [0.2, 0.25) is 0 Å². The highest BCUT2D eigenvalue weighted by atomic mass is 32.1. The predicted molar refractivity (Wildman–Crippen MR) is 85.7 cm³/mol. The van der Waals surface area contributed by atoms with Crippen LogP contribution in [0.15, 0.2) is 24.3 Å². The maximum absolute atomic E-state index is 11.9. The van der Waals surface area contributed by atoms with Crippen molar-refractivity contribution in [2.75, 3.05) is 21.2 Å². The minimum Gasteiger partial charge on any atom is -0.378 e. The van der Waals surface area contributed by atoms with E-state index in [0.717, 1.165) is 22.7 Å². The zero-order valence-corrected chi connectivity index (χ0v) is 13.7. The molecule has 1 heterocycles. The van der Waals surface area contributed by atoms with Crippen molar-refractivity contribution in [1.29, 1.82) is 0 Å². The number of methoxy groups -OCH3 is 1. The van der Waals surface area contributed by atoms with Gasteiger partial charge in [0, 0.05) is 37.2 Å². The van der Waals surface area contributed by atoms with Crippen LogP contribution >= 0.6 is 11.3 Å². The third-order valence-electron chi connectivity index (χ3n) is 3.17. The number of hydrogen-bond acceptors (Lipinski definition) is 4. The summed E-state index contributed by atoms with van der Waals surface area (Å²) in [6.45, 7) is 2.66. The van der Waals surface area contributed by atoms with E-state index in [1.165, 1.54) is 4.88 Å². The molecule has 0 fully saturated rings. The SMILES string of the molecule is CCc1sc(-c2ccc(C(=O)N(C)C)cc2)nc1COC. The molecular formula is C16H20N2O2S. The lowest BCUT2D eigenvalue weighted by atomic mass is 10.1. The van der Waals surface area contributed by atoms with Crippen molar-refractivity contribution in [3.8, 4) is 10.6 Å². The molecule has 0 radical (unpaired) electrons. The second kappa shape index (κ2) is 6.83. The molecular weight excluding hydrogens is 284 g/mol. The molecule has 0 spiro atoms. The van der Waals surface area contributed by atoms with Crippen LogP contribution in [0.25, 0.3) is 10.6 Å². The molecule has 21 heavy (non-hydrogen) atoms. The molecule has 5 heteroatoms. The Morgan fingerprint density at radius 3 is 2.48 bits per heavy atom. The van der Waals surface area contributed by atoms with E-state index >= 15 is 0 Å². The lowest BCUT2D eigenvalue weighted by molar-refractivity contribution is 0.0827. The average Bonchev–Trinajstić information content (AvgIpc) is 2.90. The highest BCUT2D eigenvalue weighted by Crippen LogP contribution is 2.29. The van der Waals surface area contributed by atoms with Crippen LogP contribution in [0.5, 0.6) is 0 Å². The van der Waals surface area contributed by atoms with E-state index < -0.39 is 0 Å². The topological polar surface area (TPSA) is 42.4 Å². The summed E-state index contributed by atoms with van der Waals surface area (Å²) in [5.74, 6) is 0.00927. The van der Waals surface area contributed by atoms with Crippen molar-refractivity contribution in [1.82, 2.24) is 9.88 Å². The van der Waals surface area contributed by atoms with Crippen molar-refractivity contribution < 1.29 is 9.53 Å². The minimum atomic E-state index is 0.00927. The van der Waals surface area contributed by atoms with E-state index in [-0.39, 0.29) is 5.91 Å². The number of hydrogen-bond donors (Lipinski definition) is 0. The first-order valence-electron chi connectivity index (χ1n) is 6.86. The minimum absolute atomic E-state index is 0.00927. The quantitative estimate of drug-likeness (QED) is 0.852. The summed E-state index contributed by atoms with van der Waals surface area (Å²) in [5.41, 5.74) is 2.73. The van der Waals surface area contributed by atoms with E-state index in [4.69, 9.17) is 4.74 Å². The molecule has 0 aliphatic carbocycles. The molecule has 0 unspecified atom stereocenters. The van der Waals surface area contributed by atoms with Gasteiger partial charge in [0.15, 0.2) is 0 Å². The lowest BCUT2D eigenvalue weighted by Gasteiger charge is -2.10. The smallest absolute Gasteiger partial charge is 0.253 e. The zero-order valence-electron chi connectivity index (χ0n) is 12.8. The molecule has 112 valence electrons. The molecule has 4 nitrogen and oxygen atoms in total. The molecule has 0 saturated carbocycles. The van der Waals surface area contributed by atoms with Crippen molar-refractivity contribution in [3.63, 3.8) is 0 Å². The third-order valence-corrected chi connectivity index (χ3v) is 4.46. The Kier molecular flexibility index (Phi) is 5.09. The van der Waals surface area contributed by atoms with Crippen molar-refractivity contribution in [2.24, 2.45) is 0 Å². The van der Waals surface area contributed by atoms with E-state index in [0.29, 0.717) is 12.2 Å². The van der Waals surface area contributed by atoms with Crippen LogP contribution in [0, 0.1) is 0 Å². The number of thiazole rings is 1. The molecule has 0 atom stereocenters. The molecule has 0 saturated heterocycles. The van der Waals surface area contributed by atoms with Gasteiger partial charge in [-0.2, -0.15) is 0 Å². The number of amides is 1. The van der Waals surface area contributed by atoms with Gasteiger partial charge in [0.1, 0.15) is 5.01 Å². The summed E-state index contributed by atoms with van der Waals surface area (Å²) in [6.07, 6.45) is 0.952. The number of benzene rings is 1. The van der Waals surface area contributed by atoms with Gasteiger partial charge in [-0.05, 0) is 18.6 Å². The Morgan fingerprint density at radius 1 is 1.29 bits per heavy atom. The van der Waals surface area contributed by atoms with Crippen molar-refractivity contribution in [3.05, 3.63) is 40.4 Å². The number of ether oxygens (including phenoxy) is 1. The molecule has 2 aromatic rings. The lowest BCUT2D eigenvalue weighted by Crippen LogP contribution is -2.21. The van der Waals surface area contributed by atoms with Gasteiger partial charge in [-0.25, -0.2) is 4.98 Å². The number of nitrogens with zero attached hydrogens (tertiary/aromatic N) is 2. The second-order valence-corrected chi connectivity index (χ2v) is 6.04. The van der Waals surface area contributed by atoms with Gasteiger partial charge in [-0.1, -0.05) is 19.1 Å². The van der Waals surface area contributed by atoms with E-state index in [1.54, 1.807) is 37.4 Å². The molecule has 0 aliphatic heterocycles. The summed E-state index contributed by atoms with van der Waals surface area (Å²) >= 11 is 1.69. The van der Waals surface area contributed by atoms with E-state index in [1.807, 2.05) is 24.3 Å². The Hall–Kier alpha value is -1.72.